The van der Waals surface area contributed by atoms with Gasteiger partial charge in [-0.25, -0.2) is 0 Å². The fourth-order valence-corrected chi connectivity index (χ4v) is 5.32. The lowest BCUT2D eigenvalue weighted by Gasteiger charge is -2.27. The molecule has 4 rings (SSSR count). The maximum Gasteiger partial charge on any atom is 0.241 e. The predicted octanol–water partition coefficient (Wildman–Crippen LogP) is 4.12. The molecule has 0 spiro atoms. The largest absolute Gasteiger partial charge is 0.497 e. The van der Waals surface area contributed by atoms with Gasteiger partial charge in [0.1, 0.15) is 5.75 Å². The zero-order valence-corrected chi connectivity index (χ0v) is 18.7. The number of nitrogens with zero attached hydrogens (tertiary/aromatic N) is 3. The minimum atomic E-state index is 0.218. The summed E-state index contributed by atoms with van der Waals surface area (Å²) >= 11 is 1.88. The van der Waals surface area contributed by atoms with E-state index in [1.165, 1.54) is 10.6 Å². The molecule has 5 nitrogen and oxygen atoms in total. The van der Waals surface area contributed by atoms with Crippen molar-refractivity contribution in [3.05, 3.63) is 48.5 Å². The number of amides is 1. The Morgan fingerprint density at radius 3 is 2.63 bits per heavy atom. The highest BCUT2D eigenvalue weighted by Gasteiger charge is 2.26. The summed E-state index contributed by atoms with van der Waals surface area (Å²) in [6, 6.07) is 16.6. The quantitative estimate of drug-likeness (QED) is 0.736. The Morgan fingerprint density at radius 1 is 1.03 bits per heavy atom. The number of rotatable bonds is 4. The zero-order valence-electron chi connectivity index (χ0n) is 17.9. The van der Waals surface area contributed by atoms with Crippen LogP contribution in [0.4, 0.5) is 11.4 Å². The molecule has 1 amide bonds. The molecule has 2 aliphatic rings. The number of benzene rings is 2. The number of thioether (sulfide) groups is 1. The normalized spacial score (nSPS) is 20.3. The lowest BCUT2D eigenvalue weighted by molar-refractivity contribution is -0.119. The van der Waals surface area contributed by atoms with Gasteiger partial charge < -0.3 is 14.5 Å². The Hall–Kier alpha value is -2.18. The molecule has 2 aromatic carbocycles. The van der Waals surface area contributed by atoms with Crippen molar-refractivity contribution >= 4 is 29.0 Å². The Balaban J connectivity index is 1.39. The van der Waals surface area contributed by atoms with Gasteiger partial charge in [0, 0.05) is 48.6 Å². The van der Waals surface area contributed by atoms with Gasteiger partial charge in [0.2, 0.25) is 5.91 Å². The Morgan fingerprint density at radius 2 is 1.83 bits per heavy atom. The number of para-hydroxylation sites is 1. The van der Waals surface area contributed by atoms with Gasteiger partial charge in [0.15, 0.2) is 0 Å². The van der Waals surface area contributed by atoms with Crippen molar-refractivity contribution in [2.75, 3.05) is 56.2 Å². The molecule has 0 bridgehead atoms. The van der Waals surface area contributed by atoms with E-state index < -0.39 is 0 Å². The number of hydrogen-bond donors (Lipinski definition) is 0. The van der Waals surface area contributed by atoms with Crippen LogP contribution in [0.5, 0.6) is 5.75 Å². The second-order valence-corrected chi connectivity index (χ2v) is 9.53. The topological polar surface area (TPSA) is 36.0 Å². The molecular weight excluding hydrogens is 394 g/mol. The van der Waals surface area contributed by atoms with Crippen molar-refractivity contribution < 1.29 is 9.53 Å². The van der Waals surface area contributed by atoms with E-state index in [0.29, 0.717) is 11.8 Å². The molecule has 0 saturated carbocycles. The summed E-state index contributed by atoms with van der Waals surface area (Å²) in [4.78, 5) is 21.2. The molecule has 0 radical (unpaired) electrons. The third kappa shape index (κ3) is 4.93. The van der Waals surface area contributed by atoms with Crippen molar-refractivity contribution in [1.29, 1.82) is 0 Å². The second kappa shape index (κ2) is 9.75. The number of carbonyl (C=O) groups excluding carboxylic acids is 1. The van der Waals surface area contributed by atoms with Gasteiger partial charge in [-0.05, 0) is 49.2 Å². The molecule has 1 fully saturated rings. The highest BCUT2D eigenvalue weighted by atomic mass is 32.2. The maximum atomic E-state index is 13.3. The predicted molar refractivity (Wildman–Crippen MR) is 125 cm³/mol. The first-order valence-electron chi connectivity index (χ1n) is 10.8. The number of fused-ring (bicyclic) bond motifs is 1. The highest BCUT2D eigenvalue weighted by molar-refractivity contribution is 8.00. The summed E-state index contributed by atoms with van der Waals surface area (Å²) in [6.45, 7) is 7.34. The lowest BCUT2D eigenvalue weighted by atomic mass is 10.2. The van der Waals surface area contributed by atoms with E-state index in [1.54, 1.807) is 7.11 Å². The van der Waals surface area contributed by atoms with Crippen LogP contribution in [-0.4, -0.2) is 62.4 Å². The van der Waals surface area contributed by atoms with Gasteiger partial charge in [0.05, 0.1) is 19.3 Å². The molecule has 0 unspecified atom stereocenters. The number of methoxy groups -OCH3 is 1. The molecule has 0 aromatic heterocycles. The van der Waals surface area contributed by atoms with Gasteiger partial charge in [-0.1, -0.05) is 19.1 Å². The minimum absolute atomic E-state index is 0.218. The van der Waals surface area contributed by atoms with Gasteiger partial charge >= 0.3 is 0 Å². The summed E-state index contributed by atoms with van der Waals surface area (Å²) in [5, 5.41) is 0.528. The fourth-order valence-electron chi connectivity index (χ4n) is 4.20. The first kappa shape index (κ1) is 21.1. The number of carbonyl (C=O) groups is 1. The van der Waals surface area contributed by atoms with Gasteiger partial charge in [-0.15, -0.1) is 11.8 Å². The monoisotopic (exact) mass is 425 g/mol. The van der Waals surface area contributed by atoms with E-state index in [2.05, 4.69) is 47.1 Å². The van der Waals surface area contributed by atoms with E-state index in [0.717, 1.165) is 57.0 Å². The van der Waals surface area contributed by atoms with Crippen molar-refractivity contribution in [2.24, 2.45) is 0 Å². The van der Waals surface area contributed by atoms with E-state index in [9.17, 15) is 4.79 Å². The maximum absolute atomic E-state index is 13.3. The Bertz CT molecular complexity index is 858. The van der Waals surface area contributed by atoms with Crippen molar-refractivity contribution in [1.82, 2.24) is 4.90 Å². The smallest absolute Gasteiger partial charge is 0.241 e. The second-order valence-electron chi connectivity index (χ2n) is 8.05. The Kier molecular flexibility index (Phi) is 6.85. The van der Waals surface area contributed by atoms with Crippen LogP contribution in [0.25, 0.3) is 0 Å². The average molecular weight is 426 g/mol. The fraction of sp³-hybridized carbons (Fsp3) is 0.458. The standard InChI is InChI=1S/C24H31N3O2S/c1-19-12-15-27(22-6-3-4-7-23(22)30-19)24(28)18-25-13-5-14-26(17-16-25)20-8-10-21(29-2)11-9-20/h3-4,6-11,19H,5,12-18H2,1-2H3/t19-/m0/s1. The van der Waals surface area contributed by atoms with Crippen LogP contribution in [0.15, 0.2) is 53.4 Å². The molecule has 2 aromatic rings. The van der Waals surface area contributed by atoms with Gasteiger partial charge in [-0.2, -0.15) is 0 Å². The van der Waals surface area contributed by atoms with Crippen molar-refractivity contribution in [3.8, 4) is 5.75 Å². The highest BCUT2D eigenvalue weighted by Crippen LogP contribution is 2.37. The van der Waals surface area contributed by atoms with E-state index in [-0.39, 0.29) is 5.91 Å². The number of hydrogen-bond acceptors (Lipinski definition) is 5. The molecule has 160 valence electrons. The molecule has 2 aliphatic heterocycles. The third-order valence-electron chi connectivity index (χ3n) is 5.93. The summed E-state index contributed by atoms with van der Waals surface area (Å²) in [5.41, 5.74) is 2.29. The molecular formula is C24H31N3O2S. The van der Waals surface area contributed by atoms with Crippen molar-refractivity contribution in [3.63, 3.8) is 0 Å². The van der Waals surface area contributed by atoms with Crippen LogP contribution in [0, 0.1) is 0 Å². The Labute approximate surface area is 184 Å². The van der Waals surface area contributed by atoms with Crippen LogP contribution in [0.2, 0.25) is 0 Å². The number of anilines is 2. The van der Waals surface area contributed by atoms with E-state index in [1.807, 2.05) is 34.9 Å². The molecule has 0 N–H and O–H groups in total. The first-order chi connectivity index (χ1) is 14.6. The molecule has 0 aliphatic carbocycles. The molecule has 1 atom stereocenters. The molecule has 6 heteroatoms. The van der Waals surface area contributed by atoms with E-state index in [4.69, 9.17) is 4.74 Å². The molecule has 2 heterocycles. The molecule has 1 saturated heterocycles. The minimum Gasteiger partial charge on any atom is -0.497 e. The lowest BCUT2D eigenvalue weighted by Crippen LogP contribution is -2.42. The van der Waals surface area contributed by atoms with Gasteiger partial charge in [-0.3, -0.25) is 9.69 Å². The van der Waals surface area contributed by atoms with E-state index >= 15 is 0 Å². The van der Waals surface area contributed by atoms with Crippen LogP contribution in [0.3, 0.4) is 0 Å². The van der Waals surface area contributed by atoms with Crippen molar-refractivity contribution in [2.45, 2.75) is 29.9 Å². The van der Waals surface area contributed by atoms with Crippen LogP contribution in [0.1, 0.15) is 19.8 Å². The summed E-state index contributed by atoms with van der Waals surface area (Å²) in [6.07, 6.45) is 2.08. The zero-order chi connectivity index (χ0) is 20.9. The number of ether oxygens (including phenoxy) is 1. The summed E-state index contributed by atoms with van der Waals surface area (Å²) in [5.74, 6) is 1.10. The first-order valence-corrected chi connectivity index (χ1v) is 11.7. The summed E-state index contributed by atoms with van der Waals surface area (Å²) in [7, 11) is 1.69. The SMILES string of the molecule is COc1ccc(N2CCCN(CC(=O)N3CC[C@H](C)Sc4ccccc43)CC2)cc1. The molecule has 30 heavy (non-hydrogen) atoms. The third-order valence-corrected chi connectivity index (χ3v) is 7.17. The van der Waals surface area contributed by atoms with Crippen LogP contribution >= 0.6 is 11.8 Å². The van der Waals surface area contributed by atoms with Gasteiger partial charge in [0.25, 0.3) is 0 Å². The summed E-state index contributed by atoms with van der Waals surface area (Å²) < 4.78 is 5.27. The average Bonchev–Trinajstić information content (AvgIpc) is 3.09. The van der Waals surface area contributed by atoms with Crippen LogP contribution < -0.4 is 14.5 Å². The van der Waals surface area contributed by atoms with Crippen LogP contribution in [-0.2, 0) is 4.79 Å².